The van der Waals surface area contributed by atoms with Crippen LogP contribution in [0.15, 0.2) is 42.6 Å². The van der Waals surface area contributed by atoms with Gasteiger partial charge in [-0.3, -0.25) is 0 Å². The highest BCUT2D eigenvalue weighted by Crippen LogP contribution is 2.22. The summed E-state index contributed by atoms with van der Waals surface area (Å²) in [6, 6.07) is 11.7. The van der Waals surface area contributed by atoms with Gasteiger partial charge in [0.15, 0.2) is 0 Å². The Morgan fingerprint density at radius 3 is 2.65 bits per heavy atom. The third-order valence-corrected chi connectivity index (χ3v) is 2.48. The fraction of sp³-hybridized carbons (Fsp3) is 0.214. The summed E-state index contributed by atoms with van der Waals surface area (Å²) in [5, 5.41) is 0. The lowest BCUT2D eigenvalue weighted by atomic mass is 10.1. The predicted molar refractivity (Wildman–Crippen MR) is 68.2 cm³/mol. The van der Waals surface area contributed by atoms with E-state index in [0.717, 1.165) is 23.3 Å². The molecule has 0 fully saturated rings. The van der Waals surface area contributed by atoms with Gasteiger partial charge in [-0.1, -0.05) is 18.2 Å². The molecule has 2 rings (SSSR count). The normalized spacial score (nSPS) is 10.2. The first-order valence-electron chi connectivity index (χ1n) is 5.68. The molecule has 17 heavy (non-hydrogen) atoms. The van der Waals surface area contributed by atoms with Gasteiger partial charge in [0.2, 0.25) is 5.88 Å². The number of para-hydroxylation sites is 1. The predicted octanol–water partition coefficient (Wildman–Crippen LogP) is 2.68. The fourth-order valence-corrected chi connectivity index (χ4v) is 1.63. The Morgan fingerprint density at radius 1 is 1.24 bits per heavy atom. The molecule has 1 aromatic carbocycles. The van der Waals surface area contributed by atoms with E-state index in [9.17, 15) is 0 Å². The molecule has 0 spiro atoms. The summed E-state index contributed by atoms with van der Waals surface area (Å²) in [4.78, 5) is 4.31. The minimum Gasteiger partial charge on any atom is -0.439 e. The number of nitrogens with two attached hydrogens (primary N) is 1. The third kappa shape index (κ3) is 3.04. The summed E-state index contributed by atoms with van der Waals surface area (Å²) in [6.07, 6.45) is 2.66. The van der Waals surface area contributed by atoms with Gasteiger partial charge in [0, 0.05) is 11.8 Å². The maximum atomic E-state index is 5.70. The van der Waals surface area contributed by atoms with Crippen molar-refractivity contribution in [3.05, 3.63) is 53.7 Å². The smallest absolute Gasteiger partial charge is 0.222 e. The maximum absolute atomic E-state index is 5.70. The van der Waals surface area contributed by atoms with Crippen molar-refractivity contribution in [2.24, 2.45) is 5.73 Å². The number of pyridine rings is 1. The standard InChI is InChI=1S/C14H16N2O/c1-11-9-12(7-8-15)10-16-14(11)17-13-5-3-2-4-6-13/h2-6,9-10H,7-8,15H2,1H3. The second-order valence-electron chi connectivity index (χ2n) is 3.92. The van der Waals surface area contributed by atoms with Crippen LogP contribution in [-0.4, -0.2) is 11.5 Å². The minimum absolute atomic E-state index is 0.639. The van der Waals surface area contributed by atoms with Crippen molar-refractivity contribution in [1.29, 1.82) is 0 Å². The number of ether oxygens (including phenoxy) is 1. The van der Waals surface area contributed by atoms with Gasteiger partial charge >= 0.3 is 0 Å². The van der Waals surface area contributed by atoms with E-state index >= 15 is 0 Å². The number of hydrogen-bond acceptors (Lipinski definition) is 3. The molecule has 2 N–H and O–H groups in total. The van der Waals surface area contributed by atoms with Gasteiger partial charge in [0.05, 0.1) is 0 Å². The lowest BCUT2D eigenvalue weighted by Crippen LogP contribution is -2.03. The van der Waals surface area contributed by atoms with E-state index in [2.05, 4.69) is 11.1 Å². The van der Waals surface area contributed by atoms with E-state index in [4.69, 9.17) is 10.5 Å². The molecule has 88 valence electrons. The first kappa shape index (κ1) is 11.6. The zero-order valence-corrected chi connectivity index (χ0v) is 9.89. The van der Waals surface area contributed by atoms with Crippen LogP contribution >= 0.6 is 0 Å². The second kappa shape index (κ2) is 5.46. The molecule has 1 aromatic heterocycles. The summed E-state index contributed by atoms with van der Waals surface area (Å²) < 4.78 is 5.70. The van der Waals surface area contributed by atoms with Gasteiger partial charge in [-0.2, -0.15) is 0 Å². The van der Waals surface area contributed by atoms with Gasteiger partial charge in [-0.25, -0.2) is 4.98 Å². The van der Waals surface area contributed by atoms with Gasteiger partial charge in [-0.15, -0.1) is 0 Å². The quantitative estimate of drug-likeness (QED) is 0.875. The highest BCUT2D eigenvalue weighted by Gasteiger charge is 2.03. The van der Waals surface area contributed by atoms with Crippen LogP contribution in [0.1, 0.15) is 11.1 Å². The highest BCUT2D eigenvalue weighted by atomic mass is 16.5. The number of aromatic nitrogens is 1. The average molecular weight is 228 g/mol. The van der Waals surface area contributed by atoms with Crippen molar-refractivity contribution in [3.8, 4) is 11.6 Å². The van der Waals surface area contributed by atoms with E-state index in [1.807, 2.05) is 43.5 Å². The van der Waals surface area contributed by atoms with E-state index in [1.54, 1.807) is 0 Å². The number of rotatable bonds is 4. The van der Waals surface area contributed by atoms with Crippen molar-refractivity contribution in [2.45, 2.75) is 13.3 Å². The molecule has 0 unspecified atom stereocenters. The molecule has 1 heterocycles. The zero-order chi connectivity index (χ0) is 12.1. The van der Waals surface area contributed by atoms with E-state index < -0.39 is 0 Å². The van der Waals surface area contributed by atoms with Crippen molar-refractivity contribution in [3.63, 3.8) is 0 Å². The zero-order valence-electron chi connectivity index (χ0n) is 9.89. The van der Waals surface area contributed by atoms with Gasteiger partial charge in [0.25, 0.3) is 0 Å². The Balaban J connectivity index is 2.17. The second-order valence-corrected chi connectivity index (χ2v) is 3.92. The largest absolute Gasteiger partial charge is 0.439 e. The Hall–Kier alpha value is -1.87. The molecule has 0 bridgehead atoms. The number of aryl methyl sites for hydroxylation is 1. The molecule has 0 aliphatic heterocycles. The van der Waals surface area contributed by atoms with Crippen LogP contribution < -0.4 is 10.5 Å². The van der Waals surface area contributed by atoms with Crippen LogP contribution in [0.2, 0.25) is 0 Å². The lowest BCUT2D eigenvalue weighted by Gasteiger charge is -2.08. The molecule has 0 saturated carbocycles. The summed E-state index contributed by atoms with van der Waals surface area (Å²) in [5.74, 6) is 1.45. The third-order valence-electron chi connectivity index (χ3n) is 2.48. The summed E-state index contributed by atoms with van der Waals surface area (Å²) in [5.41, 5.74) is 7.68. The summed E-state index contributed by atoms with van der Waals surface area (Å²) in [6.45, 7) is 2.63. The molecule has 0 aliphatic carbocycles. The molecule has 0 saturated heterocycles. The fourth-order valence-electron chi connectivity index (χ4n) is 1.63. The summed E-state index contributed by atoms with van der Waals surface area (Å²) in [7, 11) is 0. The monoisotopic (exact) mass is 228 g/mol. The van der Waals surface area contributed by atoms with Crippen LogP contribution in [0.5, 0.6) is 11.6 Å². The molecule has 3 nitrogen and oxygen atoms in total. The minimum atomic E-state index is 0.639. The molecule has 0 aliphatic rings. The molecule has 0 radical (unpaired) electrons. The topological polar surface area (TPSA) is 48.1 Å². The molecule has 2 aromatic rings. The first-order chi connectivity index (χ1) is 8.29. The molecule has 0 atom stereocenters. The summed E-state index contributed by atoms with van der Waals surface area (Å²) >= 11 is 0. The van der Waals surface area contributed by atoms with E-state index in [1.165, 1.54) is 0 Å². The molecular weight excluding hydrogens is 212 g/mol. The van der Waals surface area contributed by atoms with Crippen LogP contribution in [0.3, 0.4) is 0 Å². The Morgan fingerprint density at radius 2 is 2.00 bits per heavy atom. The van der Waals surface area contributed by atoms with Crippen molar-refractivity contribution in [1.82, 2.24) is 4.98 Å². The van der Waals surface area contributed by atoms with Gasteiger partial charge in [-0.05, 0) is 43.7 Å². The van der Waals surface area contributed by atoms with Crippen LogP contribution in [0.25, 0.3) is 0 Å². The Labute approximate surface area is 101 Å². The van der Waals surface area contributed by atoms with Crippen LogP contribution in [0, 0.1) is 6.92 Å². The Bertz CT molecular complexity index is 483. The molecule has 3 heteroatoms. The molecular formula is C14H16N2O. The van der Waals surface area contributed by atoms with Crippen LogP contribution in [0.4, 0.5) is 0 Å². The van der Waals surface area contributed by atoms with Crippen molar-refractivity contribution >= 4 is 0 Å². The van der Waals surface area contributed by atoms with Gasteiger partial charge in [0.1, 0.15) is 5.75 Å². The Kier molecular flexibility index (Phi) is 3.73. The first-order valence-corrected chi connectivity index (χ1v) is 5.68. The lowest BCUT2D eigenvalue weighted by molar-refractivity contribution is 0.458. The number of benzene rings is 1. The maximum Gasteiger partial charge on any atom is 0.222 e. The highest BCUT2D eigenvalue weighted by molar-refractivity contribution is 5.33. The van der Waals surface area contributed by atoms with Crippen molar-refractivity contribution < 1.29 is 4.74 Å². The molecule has 0 amide bonds. The number of nitrogens with zero attached hydrogens (tertiary/aromatic N) is 1. The van der Waals surface area contributed by atoms with E-state index in [-0.39, 0.29) is 0 Å². The SMILES string of the molecule is Cc1cc(CCN)cnc1Oc1ccccc1. The number of hydrogen-bond donors (Lipinski definition) is 1. The van der Waals surface area contributed by atoms with E-state index in [0.29, 0.717) is 12.4 Å². The van der Waals surface area contributed by atoms with Crippen LogP contribution in [-0.2, 0) is 6.42 Å². The average Bonchev–Trinajstić information content (AvgIpc) is 2.34. The van der Waals surface area contributed by atoms with Gasteiger partial charge < -0.3 is 10.5 Å². The van der Waals surface area contributed by atoms with Crippen molar-refractivity contribution in [2.75, 3.05) is 6.54 Å².